The summed E-state index contributed by atoms with van der Waals surface area (Å²) in [4.78, 5) is 8.06. The summed E-state index contributed by atoms with van der Waals surface area (Å²) in [5, 5.41) is 1.24. The molecule has 0 radical (unpaired) electrons. The number of benzene rings is 1. The van der Waals surface area contributed by atoms with Crippen molar-refractivity contribution >= 4 is 10.9 Å². The van der Waals surface area contributed by atoms with Crippen LogP contribution in [0.15, 0.2) is 49.2 Å². The molecule has 0 bridgehead atoms. The molecule has 3 rings (SSSR count). The summed E-state index contributed by atoms with van der Waals surface area (Å²) >= 11 is 0. The minimum Gasteiger partial charge on any atom is -0.351 e. The fourth-order valence-corrected chi connectivity index (χ4v) is 1.91. The zero-order chi connectivity index (χ0) is 11.0. The normalized spacial score (nSPS) is 10.8. The summed E-state index contributed by atoms with van der Waals surface area (Å²) in [6, 6.07) is 8.50. The van der Waals surface area contributed by atoms with E-state index in [0.29, 0.717) is 0 Å². The van der Waals surface area contributed by atoms with Crippen molar-refractivity contribution in [2.75, 3.05) is 0 Å². The quantitative estimate of drug-likeness (QED) is 0.616. The highest BCUT2D eigenvalue weighted by Crippen LogP contribution is 2.23. The predicted octanol–water partition coefficient (Wildman–Crippen LogP) is 2.64. The lowest BCUT2D eigenvalue weighted by Crippen LogP contribution is -1.85. The molecule has 2 aromatic heterocycles. The first kappa shape index (κ1) is 9.09. The van der Waals surface area contributed by atoms with Crippen LogP contribution in [0, 0.1) is 0 Å². The maximum atomic E-state index is 4.03. The maximum absolute atomic E-state index is 4.03. The second kappa shape index (κ2) is 3.45. The average molecular weight is 209 g/mol. The van der Waals surface area contributed by atoms with Gasteiger partial charge in [-0.3, -0.25) is 0 Å². The molecule has 0 N–H and O–H groups in total. The third-order valence-corrected chi connectivity index (χ3v) is 2.78. The van der Waals surface area contributed by atoms with Gasteiger partial charge >= 0.3 is 0 Å². The van der Waals surface area contributed by atoms with Gasteiger partial charge in [-0.1, -0.05) is 6.07 Å². The Morgan fingerprint density at radius 2 is 1.81 bits per heavy atom. The largest absolute Gasteiger partial charge is 0.351 e. The highest BCUT2D eigenvalue weighted by atomic mass is 14.9. The Morgan fingerprint density at radius 3 is 2.62 bits per heavy atom. The molecule has 0 atom stereocenters. The second-order valence-electron chi connectivity index (χ2n) is 3.83. The Morgan fingerprint density at radius 1 is 1.00 bits per heavy atom. The summed E-state index contributed by atoms with van der Waals surface area (Å²) in [6.07, 6.45) is 7.27. The van der Waals surface area contributed by atoms with Crippen molar-refractivity contribution in [3.63, 3.8) is 0 Å². The molecule has 0 saturated heterocycles. The average Bonchev–Trinajstić information content (AvgIpc) is 2.72. The summed E-state index contributed by atoms with van der Waals surface area (Å²) in [7, 11) is 2.05. The van der Waals surface area contributed by atoms with Crippen LogP contribution >= 0.6 is 0 Å². The van der Waals surface area contributed by atoms with Crippen LogP contribution in [0.4, 0.5) is 0 Å². The molecule has 0 aliphatic rings. The van der Waals surface area contributed by atoms with Crippen LogP contribution in [-0.4, -0.2) is 14.5 Å². The van der Waals surface area contributed by atoms with Crippen LogP contribution in [0.5, 0.6) is 0 Å². The van der Waals surface area contributed by atoms with Crippen molar-refractivity contribution < 1.29 is 0 Å². The molecule has 2 heterocycles. The lowest BCUT2D eigenvalue weighted by molar-refractivity contribution is 0.969. The molecule has 0 spiro atoms. The first-order chi connectivity index (χ1) is 7.84. The van der Waals surface area contributed by atoms with Gasteiger partial charge in [0.15, 0.2) is 0 Å². The minimum absolute atomic E-state index is 1.05. The topological polar surface area (TPSA) is 30.7 Å². The zero-order valence-corrected chi connectivity index (χ0v) is 8.96. The van der Waals surface area contributed by atoms with Crippen molar-refractivity contribution in [3.05, 3.63) is 49.2 Å². The molecule has 0 unspecified atom stereocenters. The minimum atomic E-state index is 1.05. The standard InChI is InChI=1S/C13H11N3/c1-16-5-4-11-6-10(2-3-13(11)16)12-7-14-9-15-8-12/h2-9H,1H3. The Labute approximate surface area is 93.4 Å². The highest BCUT2D eigenvalue weighted by molar-refractivity contribution is 5.85. The Bertz CT molecular complexity index is 626. The molecular weight excluding hydrogens is 198 g/mol. The molecule has 3 heteroatoms. The van der Waals surface area contributed by atoms with Gasteiger partial charge in [0, 0.05) is 42.1 Å². The van der Waals surface area contributed by atoms with Gasteiger partial charge in [-0.05, 0) is 23.8 Å². The second-order valence-corrected chi connectivity index (χ2v) is 3.83. The predicted molar refractivity (Wildman–Crippen MR) is 63.9 cm³/mol. The number of fused-ring (bicyclic) bond motifs is 1. The first-order valence-corrected chi connectivity index (χ1v) is 5.15. The number of hydrogen-bond donors (Lipinski definition) is 0. The van der Waals surface area contributed by atoms with Crippen molar-refractivity contribution in [3.8, 4) is 11.1 Å². The first-order valence-electron chi connectivity index (χ1n) is 5.15. The van der Waals surface area contributed by atoms with Crippen LogP contribution in [0.2, 0.25) is 0 Å². The van der Waals surface area contributed by atoms with Crippen molar-refractivity contribution in [1.29, 1.82) is 0 Å². The van der Waals surface area contributed by atoms with Crippen molar-refractivity contribution in [2.45, 2.75) is 0 Å². The zero-order valence-electron chi connectivity index (χ0n) is 8.96. The van der Waals surface area contributed by atoms with Crippen LogP contribution < -0.4 is 0 Å². The van der Waals surface area contributed by atoms with Gasteiger partial charge in [0.2, 0.25) is 0 Å². The molecule has 16 heavy (non-hydrogen) atoms. The molecule has 0 aliphatic heterocycles. The van der Waals surface area contributed by atoms with Gasteiger partial charge in [-0.2, -0.15) is 0 Å². The van der Waals surface area contributed by atoms with E-state index < -0.39 is 0 Å². The Balaban J connectivity index is 2.19. The van der Waals surface area contributed by atoms with E-state index in [4.69, 9.17) is 0 Å². The third-order valence-electron chi connectivity index (χ3n) is 2.78. The maximum Gasteiger partial charge on any atom is 0.115 e. The number of aromatic nitrogens is 3. The summed E-state index contributed by atoms with van der Waals surface area (Å²) in [5.74, 6) is 0. The van der Waals surface area contributed by atoms with E-state index >= 15 is 0 Å². The Kier molecular flexibility index (Phi) is 1.96. The van der Waals surface area contributed by atoms with E-state index in [-0.39, 0.29) is 0 Å². The van der Waals surface area contributed by atoms with Gasteiger partial charge < -0.3 is 4.57 Å². The molecule has 0 aliphatic carbocycles. The van der Waals surface area contributed by atoms with Gasteiger partial charge in [0.25, 0.3) is 0 Å². The molecular formula is C13H11N3. The number of nitrogens with zero attached hydrogens (tertiary/aromatic N) is 3. The molecule has 0 saturated carbocycles. The van der Waals surface area contributed by atoms with Crippen molar-refractivity contribution in [1.82, 2.24) is 14.5 Å². The van der Waals surface area contributed by atoms with E-state index in [1.807, 2.05) is 19.4 Å². The number of hydrogen-bond acceptors (Lipinski definition) is 2. The monoisotopic (exact) mass is 209 g/mol. The van der Waals surface area contributed by atoms with Crippen LogP contribution in [0.3, 0.4) is 0 Å². The molecule has 78 valence electrons. The number of rotatable bonds is 1. The SMILES string of the molecule is Cn1ccc2cc(-c3cncnc3)ccc21. The summed E-state index contributed by atoms with van der Waals surface area (Å²) in [5.41, 5.74) is 3.44. The third kappa shape index (κ3) is 1.37. The van der Waals surface area contributed by atoms with Crippen LogP contribution in [0.25, 0.3) is 22.0 Å². The number of aryl methyl sites for hydroxylation is 1. The van der Waals surface area contributed by atoms with Gasteiger partial charge in [0.05, 0.1) is 0 Å². The van der Waals surface area contributed by atoms with Gasteiger partial charge in [0.1, 0.15) is 6.33 Å². The van der Waals surface area contributed by atoms with Gasteiger partial charge in [-0.15, -0.1) is 0 Å². The van der Waals surface area contributed by atoms with Gasteiger partial charge in [-0.25, -0.2) is 9.97 Å². The van der Waals surface area contributed by atoms with E-state index in [2.05, 4.69) is 45.0 Å². The highest BCUT2D eigenvalue weighted by Gasteiger charge is 2.01. The van der Waals surface area contributed by atoms with Crippen LogP contribution in [-0.2, 0) is 7.05 Å². The lowest BCUT2D eigenvalue weighted by atomic mass is 10.1. The van der Waals surface area contributed by atoms with Crippen molar-refractivity contribution in [2.24, 2.45) is 7.05 Å². The summed E-state index contributed by atoms with van der Waals surface area (Å²) < 4.78 is 2.11. The fourth-order valence-electron chi connectivity index (χ4n) is 1.91. The molecule has 1 aromatic carbocycles. The smallest absolute Gasteiger partial charge is 0.115 e. The molecule has 0 fully saturated rings. The van der Waals surface area contributed by atoms with E-state index in [9.17, 15) is 0 Å². The summed E-state index contributed by atoms with van der Waals surface area (Å²) in [6.45, 7) is 0. The fraction of sp³-hybridized carbons (Fsp3) is 0.0769. The van der Waals surface area contributed by atoms with Crippen LogP contribution in [0.1, 0.15) is 0 Å². The molecule has 3 aromatic rings. The van der Waals surface area contributed by atoms with E-state index in [1.54, 1.807) is 6.33 Å². The molecule has 0 amide bonds. The lowest BCUT2D eigenvalue weighted by Gasteiger charge is -2.01. The Hall–Kier alpha value is -2.16. The van der Waals surface area contributed by atoms with E-state index in [1.165, 1.54) is 10.9 Å². The molecule has 3 nitrogen and oxygen atoms in total. The van der Waals surface area contributed by atoms with E-state index in [0.717, 1.165) is 11.1 Å².